The van der Waals surface area contributed by atoms with Crippen LogP contribution in [0, 0.1) is 0 Å². The molecule has 1 aliphatic rings. The highest BCUT2D eigenvalue weighted by molar-refractivity contribution is 6.12. The van der Waals surface area contributed by atoms with E-state index in [2.05, 4.69) is 117 Å². The second kappa shape index (κ2) is 14.6. The third-order valence-corrected chi connectivity index (χ3v) is 8.66. The van der Waals surface area contributed by atoms with Crippen molar-refractivity contribution in [3.05, 3.63) is 167 Å². The van der Waals surface area contributed by atoms with E-state index < -0.39 is 0 Å². The molecule has 0 aromatic heterocycles. The van der Waals surface area contributed by atoms with Crippen LogP contribution in [-0.2, 0) is 12.0 Å². The summed E-state index contributed by atoms with van der Waals surface area (Å²) in [5.74, 6) is 0. The van der Waals surface area contributed by atoms with Gasteiger partial charge in [-0.3, -0.25) is 9.98 Å². The summed E-state index contributed by atoms with van der Waals surface area (Å²) < 4.78 is 0. The van der Waals surface area contributed by atoms with Crippen molar-refractivity contribution in [1.29, 1.82) is 0 Å². The van der Waals surface area contributed by atoms with Crippen LogP contribution in [0.15, 0.2) is 143 Å². The van der Waals surface area contributed by atoms with Gasteiger partial charge in [-0.05, 0) is 72.9 Å². The average molecular weight is 563 g/mol. The molecule has 5 rings (SSSR count). The van der Waals surface area contributed by atoms with Crippen LogP contribution in [0.5, 0.6) is 0 Å². The zero-order valence-corrected chi connectivity index (χ0v) is 25.5. The van der Waals surface area contributed by atoms with Gasteiger partial charge in [0.15, 0.2) is 0 Å². The molecule has 0 spiro atoms. The normalized spacial score (nSPS) is 15.9. The Hall–Kier alpha value is -4.56. The Balaban J connectivity index is 1.43. The number of hydrogen-bond acceptors (Lipinski definition) is 2. The standard InChI is InChI=1S/C41H42N2/c1-4-15-33(5-2)34-22-26-38(27-23-34)41(28-13-8-14-29-41)37-24-20-32(21-25-37)31-43-40(36-18-11-7-12-19-36)30-39(42-3)35-16-9-6-10-17-35/h4-7,9-12,15-27,30H,3,8,13-14,28-29,31H2,1-2H3/b15-4-,33-5+,39-30-,43-40?. The van der Waals surface area contributed by atoms with E-state index in [0.29, 0.717) is 6.54 Å². The number of aliphatic imine (C=N–C) groups is 2. The minimum Gasteiger partial charge on any atom is -0.280 e. The van der Waals surface area contributed by atoms with Crippen LogP contribution in [0.3, 0.4) is 0 Å². The lowest BCUT2D eigenvalue weighted by Gasteiger charge is -2.39. The summed E-state index contributed by atoms with van der Waals surface area (Å²) >= 11 is 0. The van der Waals surface area contributed by atoms with Gasteiger partial charge in [0.25, 0.3) is 0 Å². The van der Waals surface area contributed by atoms with Crippen LogP contribution in [0.2, 0.25) is 0 Å². The molecule has 0 amide bonds. The van der Waals surface area contributed by atoms with Crippen molar-refractivity contribution < 1.29 is 0 Å². The van der Waals surface area contributed by atoms with Crippen molar-refractivity contribution >= 4 is 23.7 Å². The predicted octanol–water partition coefficient (Wildman–Crippen LogP) is 10.6. The second-order valence-electron chi connectivity index (χ2n) is 11.3. The van der Waals surface area contributed by atoms with Gasteiger partial charge in [0.2, 0.25) is 0 Å². The van der Waals surface area contributed by atoms with Crippen LogP contribution in [-0.4, -0.2) is 12.4 Å². The summed E-state index contributed by atoms with van der Waals surface area (Å²) in [4.78, 5) is 9.42. The third kappa shape index (κ3) is 7.09. The molecule has 0 heterocycles. The van der Waals surface area contributed by atoms with Crippen molar-refractivity contribution in [3.63, 3.8) is 0 Å². The monoisotopic (exact) mass is 562 g/mol. The van der Waals surface area contributed by atoms with Crippen LogP contribution < -0.4 is 0 Å². The van der Waals surface area contributed by atoms with Gasteiger partial charge in [0.05, 0.1) is 18.0 Å². The Kier molecular flexibility index (Phi) is 10.1. The molecule has 0 N–H and O–H groups in total. The van der Waals surface area contributed by atoms with Gasteiger partial charge in [-0.25, -0.2) is 0 Å². The molecule has 0 atom stereocenters. The predicted molar refractivity (Wildman–Crippen MR) is 186 cm³/mol. The number of rotatable bonds is 10. The van der Waals surface area contributed by atoms with Gasteiger partial charge >= 0.3 is 0 Å². The molecule has 0 saturated heterocycles. The highest BCUT2D eigenvalue weighted by Gasteiger charge is 2.35. The molecular weight excluding hydrogens is 520 g/mol. The molecule has 0 aliphatic heterocycles. The van der Waals surface area contributed by atoms with Crippen LogP contribution >= 0.6 is 0 Å². The fourth-order valence-corrected chi connectivity index (χ4v) is 6.31. The van der Waals surface area contributed by atoms with E-state index >= 15 is 0 Å². The largest absolute Gasteiger partial charge is 0.280 e. The van der Waals surface area contributed by atoms with Crippen molar-refractivity contribution in [3.8, 4) is 0 Å². The van der Waals surface area contributed by atoms with Crippen molar-refractivity contribution in [2.24, 2.45) is 9.98 Å². The molecule has 1 fully saturated rings. The summed E-state index contributed by atoms with van der Waals surface area (Å²) in [5.41, 5.74) is 10.5. The summed E-state index contributed by atoms with van der Waals surface area (Å²) in [7, 11) is 0. The maximum absolute atomic E-state index is 5.09. The highest BCUT2D eigenvalue weighted by atomic mass is 14.8. The van der Waals surface area contributed by atoms with Crippen LogP contribution in [0.1, 0.15) is 79.3 Å². The lowest BCUT2D eigenvalue weighted by molar-refractivity contribution is 0.346. The smallest absolute Gasteiger partial charge is 0.0716 e. The van der Waals surface area contributed by atoms with E-state index in [1.807, 2.05) is 42.5 Å². The van der Waals surface area contributed by atoms with Gasteiger partial charge in [-0.15, -0.1) is 0 Å². The quantitative estimate of drug-likeness (QED) is 0.136. The first kappa shape index (κ1) is 29.9. The number of benzene rings is 4. The molecule has 0 unspecified atom stereocenters. The Bertz CT molecular complexity index is 1600. The van der Waals surface area contributed by atoms with Gasteiger partial charge in [0, 0.05) is 11.0 Å². The fraction of sp³-hybridized carbons (Fsp3) is 0.220. The molecule has 4 aromatic carbocycles. The van der Waals surface area contributed by atoms with Crippen LogP contribution in [0.4, 0.5) is 0 Å². The van der Waals surface area contributed by atoms with Crippen molar-refractivity contribution in [2.75, 3.05) is 0 Å². The first-order chi connectivity index (χ1) is 21.2. The van der Waals surface area contributed by atoms with Crippen molar-refractivity contribution in [1.82, 2.24) is 0 Å². The molecular formula is C41H42N2. The molecule has 2 heteroatoms. The molecule has 0 bridgehead atoms. The maximum atomic E-state index is 5.09. The minimum atomic E-state index is 0.0629. The first-order valence-corrected chi connectivity index (χ1v) is 15.5. The molecule has 1 aliphatic carbocycles. The average Bonchev–Trinajstić information content (AvgIpc) is 3.09. The summed E-state index contributed by atoms with van der Waals surface area (Å²) in [6.07, 6.45) is 14.7. The van der Waals surface area contributed by atoms with E-state index in [1.54, 1.807) is 0 Å². The summed E-state index contributed by atoms with van der Waals surface area (Å²) in [6, 6.07) is 39.0. The minimum absolute atomic E-state index is 0.0629. The molecule has 4 aromatic rings. The second-order valence-corrected chi connectivity index (χ2v) is 11.3. The van der Waals surface area contributed by atoms with E-state index in [1.165, 1.54) is 59.9 Å². The topological polar surface area (TPSA) is 24.7 Å². The SMILES string of the molecule is C=N/C(=C\C(=NCc1ccc(C2(c3ccc(C(/C=C\C)=C/C)cc3)CCCCC2)cc1)c1ccccc1)c1ccccc1. The molecule has 43 heavy (non-hydrogen) atoms. The van der Waals surface area contributed by atoms with Crippen molar-refractivity contribution in [2.45, 2.75) is 57.9 Å². The van der Waals surface area contributed by atoms with Gasteiger partial charge < -0.3 is 0 Å². The molecule has 0 radical (unpaired) electrons. The Morgan fingerprint density at radius 1 is 0.698 bits per heavy atom. The number of hydrogen-bond donors (Lipinski definition) is 0. The first-order valence-electron chi connectivity index (χ1n) is 15.5. The van der Waals surface area contributed by atoms with E-state index in [9.17, 15) is 0 Å². The number of allylic oxidation sites excluding steroid dienone is 5. The summed E-state index contributed by atoms with van der Waals surface area (Å²) in [5, 5.41) is 0. The Morgan fingerprint density at radius 2 is 1.28 bits per heavy atom. The molecule has 1 saturated carbocycles. The third-order valence-electron chi connectivity index (χ3n) is 8.66. The number of nitrogens with zero attached hydrogens (tertiary/aromatic N) is 2. The summed E-state index contributed by atoms with van der Waals surface area (Å²) in [6.45, 7) is 8.61. The van der Waals surface area contributed by atoms with E-state index in [4.69, 9.17) is 4.99 Å². The van der Waals surface area contributed by atoms with Gasteiger partial charge in [-0.1, -0.05) is 147 Å². The molecule has 216 valence electrons. The van der Waals surface area contributed by atoms with E-state index in [-0.39, 0.29) is 5.41 Å². The zero-order valence-electron chi connectivity index (χ0n) is 25.5. The zero-order chi connectivity index (χ0) is 29.9. The maximum Gasteiger partial charge on any atom is 0.0716 e. The van der Waals surface area contributed by atoms with Gasteiger partial charge in [0.1, 0.15) is 0 Å². The Labute approximate surface area is 258 Å². The Morgan fingerprint density at radius 3 is 1.84 bits per heavy atom. The lowest BCUT2D eigenvalue weighted by atomic mass is 9.65. The lowest BCUT2D eigenvalue weighted by Crippen LogP contribution is -2.30. The van der Waals surface area contributed by atoms with Crippen LogP contribution in [0.25, 0.3) is 11.3 Å². The molecule has 2 nitrogen and oxygen atoms in total. The highest BCUT2D eigenvalue weighted by Crippen LogP contribution is 2.45. The van der Waals surface area contributed by atoms with E-state index in [0.717, 1.165) is 22.5 Å². The fourth-order valence-electron chi connectivity index (χ4n) is 6.31. The van der Waals surface area contributed by atoms with Gasteiger partial charge in [-0.2, -0.15) is 0 Å².